The Balaban J connectivity index is 2.02. The number of nitrogens with two attached hydrogens (primary N) is 1. The molecule has 0 aliphatic carbocycles. The van der Waals surface area contributed by atoms with E-state index in [0.717, 1.165) is 10.5 Å². The average Bonchev–Trinajstić information content (AvgIpc) is 2.50. The maximum atomic E-state index is 12.7. The molecule has 0 aromatic heterocycles. The van der Waals surface area contributed by atoms with Crippen LogP contribution in [-0.4, -0.2) is 23.5 Å². The predicted octanol–water partition coefficient (Wildman–Crippen LogP) is 2.06. The van der Waals surface area contributed by atoms with Crippen molar-refractivity contribution in [2.24, 2.45) is 5.73 Å². The first-order valence-corrected chi connectivity index (χ1v) is 7.58. The van der Waals surface area contributed by atoms with Crippen LogP contribution in [0.5, 0.6) is 5.75 Å². The molecule has 0 bridgehead atoms. The molecule has 2 amide bonds. The fraction of sp³-hybridized carbons (Fsp3) is 0.125. The Labute approximate surface area is 131 Å². The topological polar surface area (TPSA) is 83.6 Å². The number of hydrogen-bond donors (Lipinski definition) is 2. The van der Waals surface area contributed by atoms with Gasteiger partial charge in [0.25, 0.3) is 0 Å². The lowest BCUT2D eigenvalue weighted by molar-refractivity contribution is -0.122. The second kappa shape index (κ2) is 5.73. The Morgan fingerprint density at radius 1 is 1.18 bits per heavy atom. The Morgan fingerprint density at radius 2 is 1.86 bits per heavy atom. The van der Waals surface area contributed by atoms with Gasteiger partial charge >= 0.3 is 0 Å². The van der Waals surface area contributed by atoms with Crippen LogP contribution in [0.4, 0.5) is 5.69 Å². The van der Waals surface area contributed by atoms with Crippen LogP contribution in [0.15, 0.2) is 53.4 Å². The molecule has 6 heteroatoms. The van der Waals surface area contributed by atoms with Crippen molar-refractivity contribution in [3.8, 4) is 5.75 Å². The fourth-order valence-corrected chi connectivity index (χ4v) is 3.63. The lowest BCUT2D eigenvalue weighted by Gasteiger charge is -2.33. The molecular weight excluding hydrogens is 300 g/mol. The van der Waals surface area contributed by atoms with Crippen molar-refractivity contribution in [2.45, 2.75) is 10.1 Å². The molecule has 5 nitrogen and oxygen atoms in total. The Bertz CT molecular complexity index is 730. The highest BCUT2D eigenvalue weighted by atomic mass is 32.2. The van der Waals surface area contributed by atoms with Crippen LogP contribution < -0.4 is 10.6 Å². The molecule has 0 fully saturated rings. The van der Waals surface area contributed by atoms with E-state index in [2.05, 4.69) is 0 Å². The van der Waals surface area contributed by atoms with Gasteiger partial charge in [-0.15, -0.1) is 11.8 Å². The number of hydrogen-bond acceptors (Lipinski definition) is 4. The molecule has 1 atom stereocenters. The van der Waals surface area contributed by atoms with Gasteiger partial charge in [0, 0.05) is 4.90 Å². The van der Waals surface area contributed by atoms with Gasteiger partial charge < -0.3 is 15.7 Å². The van der Waals surface area contributed by atoms with E-state index < -0.39 is 11.2 Å². The third-order valence-corrected chi connectivity index (χ3v) is 4.71. The van der Waals surface area contributed by atoms with Gasteiger partial charge in [-0.1, -0.05) is 24.3 Å². The van der Waals surface area contributed by atoms with Crippen molar-refractivity contribution in [3.05, 3.63) is 54.1 Å². The molecule has 3 rings (SSSR count). The van der Waals surface area contributed by atoms with Crippen LogP contribution in [-0.2, 0) is 9.59 Å². The predicted molar refractivity (Wildman–Crippen MR) is 84.7 cm³/mol. The molecule has 1 aliphatic rings. The molecule has 1 unspecified atom stereocenters. The molecule has 0 saturated carbocycles. The van der Waals surface area contributed by atoms with E-state index in [1.165, 1.54) is 16.7 Å². The molecular formula is C16H14N2O3S. The molecule has 3 N–H and O–H groups in total. The summed E-state index contributed by atoms with van der Waals surface area (Å²) in [5.41, 5.74) is 6.75. The number of amides is 2. The lowest BCUT2D eigenvalue weighted by atomic mass is 10.1. The number of benzene rings is 2. The summed E-state index contributed by atoms with van der Waals surface area (Å²) in [6, 6.07) is 13.9. The number of phenols is 1. The van der Waals surface area contributed by atoms with Gasteiger partial charge in [-0.05, 0) is 29.8 Å². The summed E-state index contributed by atoms with van der Waals surface area (Å²) >= 11 is 1.43. The fourth-order valence-electron chi connectivity index (χ4n) is 2.40. The highest BCUT2D eigenvalue weighted by Gasteiger charge is 2.35. The minimum absolute atomic E-state index is 0.145. The van der Waals surface area contributed by atoms with Gasteiger partial charge in [-0.3, -0.25) is 9.59 Å². The van der Waals surface area contributed by atoms with E-state index in [1.807, 2.05) is 18.2 Å². The second-order valence-electron chi connectivity index (χ2n) is 4.95. The zero-order valence-electron chi connectivity index (χ0n) is 11.6. The summed E-state index contributed by atoms with van der Waals surface area (Å²) < 4.78 is 0. The van der Waals surface area contributed by atoms with Crippen LogP contribution in [0.2, 0.25) is 0 Å². The van der Waals surface area contributed by atoms with E-state index in [0.29, 0.717) is 5.69 Å². The number of thioether (sulfide) groups is 1. The van der Waals surface area contributed by atoms with Crippen molar-refractivity contribution in [2.75, 3.05) is 11.4 Å². The SMILES string of the molecule is NC(=O)CN1C(=O)C(c2ccc(O)cc2)Sc2ccccc21. The van der Waals surface area contributed by atoms with Gasteiger partial charge in [0.2, 0.25) is 11.8 Å². The van der Waals surface area contributed by atoms with Gasteiger partial charge in [-0.2, -0.15) is 0 Å². The summed E-state index contributed by atoms with van der Waals surface area (Å²) in [6.45, 7) is -0.148. The zero-order valence-corrected chi connectivity index (χ0v) is 12.4. The summed E-state index contributed by atoms with van der Waals surface area (Å²) in [4.78, 5) is 26.4. The van der Waals surface area contributed by atoms with Crippen molar-refractivity contribution in [1.82, 2.24) is 0 Å². The lowest BCUT2D eigenvalue weighted by Crippen LogP contribution is -2.42. The standard InChI is InChI=1S/C16H14N2O3S/c17-14(20)9-18-12-3-1-2-4-13(12)22-15(16(18)21)10-5-7-11(19)8-6-10/h1-8,15,19H,9H2,(H2,17,20). The molecule has 1 heterocycles. The highest BCUT2D eigenvalue weighted by Crippen LogP contribution is 2.46. The number of anilines is 1. The van der Waals surface area contributed by atoms with Crippen LogP contribution in [0.1, 0.15) is 10.8 Å². The molecule has 0 radical (unpaired) electrons. The second-order valence-corrected chi connectivity index (χ2v) is 6.09. The van der Waals surface area contributed by atoms with E-state index in [9.17, 15) is 14.7 Å². The van der Waals surface area contributed by atoms with E-state index in [-0.39, 0.29) is 18.2 Å². The molecule has 0 saturated heterocycles. The third kappa shape index (κ3) is 2.65. The third-order valence-electron chi connectivity index (χ3n) is 3.40. The average molecular weight is 314 g/mol. The van der Waals surface area contributed by atoms with E-state index in [4.69, 9.17) is 5.73 Å². The first-order valence-electron chi connectivity index (χ1n) is 6.70. The van der Waals surface area contributed by atoms with Gasteiger partial charge in [-0.25, -0.2) is 0 Å². The zero-order chi connectivity index (χ0) is 15.7. The number of phenolic OH excluding ortho intramolecular Hbond substituents is 1. The molecule has 1 aliphatic heterocycles. The number of carbonyl (C=O) groups is 2. The maximum absolute atomic E-state index is 12.7. The number of nitrogens with zero attached hydrogens (tertiary/aromatic N) is 1. The Morgan fingerprint density at radius 3 is 2.55 bits per heavy atom. The summed E-state index contributed by atoms with van der Waals surface area (Å²) in [6.07, 6.45) is 0. The van der Waals surface area contributed by atoms with E-state index in [1.54, 1.807) is 30.3 Å². The van der Waals surface area contributed by atoms with Crippen LogP contribution in [0.25, 0.3) is 0 Å². The number of primary amides is 1. The quantitative estimate of drug-likeness (QED) is 0.908. The monoisotopic (exact) mass is 314 g/mol. The number of fused-ring (bicyclic) bond motifs is 1. The van der Waals surface area contributed by atoms with Crippen LogP contribution >= 0.6 is 11.8 Å². The number of carbonyl (C=O) groups excluding carboxylic acids is 2. The summed E-state index contributed by atoms with van der Waals surface area (Å²) in [5.74, 6) is -0.598. The molecule has 2 aromatic rings. The normalized spacial score (nSPS) is 17.2. The van der Waals surface area contributed by atoms with Crippen molar-refractivity contribution < 1.29 is 14.7 Å². The van der Waals surface area contributed by atoms with Crippen LogP contribution in [0, 0.1) is 0 Å². The molecule has 0 spiro atoms. The number of rotatable bonds is 3. The first-order chi connectivity index (χ1) is 10.6. The minimum Gasteiger partial charge on any atom is -0.508 e. The minimum atomic E-state index is -0.556. The number of aromatic hydroxyl groups is 1. The van der Waals surface area contributed by atoms with Crippen molar-refractivity contribution in [1.29, 1.82) is 0 Å². The summed E-state index contributed by atoms with van der Waals surface area (Å²) in [5, 5.41) is 8.92. The summed E-state index contributed by atoms with van der Waals surface area (Å²) in [7, 11) is 0. The Kier molecular flexibility index (Phi) is 3.77. The van der Waals surface area contributed by atoms with Crippen molar-refractivity contribution in [3.63, 3.8) is 0 Å². The van der Waals surface area contributed by atoms with Gasteiger partial charge in [0.1, 0.15) is 17.5 Å². The first kappa shape index (κ1) is 14.5. The highest BCUT2D eigenvalue weighted by molar-refractivity contribution is 8.00. The molecule has 112 valence electrons. The van der Waals surface area contributed by atoms with Crippen molar-refractivity contribution >= 4 is 29.3 Å². The number of para-hydroxylation sites is 1. The van der Waals surface area contributed by atoms with Crippen LogP contribution in [0.3, 0.4) is 0 Å². The van der Waals surface area contributed by atoms with Gasteiger partial charge in [0.05, 0.1) is 5.69 Å². The molecule has 2 aromatic carbocycles. The van der Waals surface area contributed by atoms with E-state index >= 15 is 0 Å². The molecule has 22 heavy (non-hydrogen) atoms. The Hall–Kier alpha value is -2.47. The smallest absolute Gasteiger partial charge is 0.245 e. The maximum Gasteiger partial charge on any atom is 0.245 e. The van der Waals surface area contributed by atoms with Gasteiger partial charge in [0.15, 0.2) is 0 Å². The largest absolute Gasteiger partial charge is 0.508 e.